The molecule has 1 aliphatic rings. The normalized spacial score (nSPS) is 15.3. The van der Waals surface area contributed by atoms with Crippen molar-refractivity contribution in [3.63, 3.8) is 0 Å². The lowest BCUT2D eigenvalue weighted by atomic mass is 10.1. The third-order valence-corrected chi connectivity index (χ3v) is 3.89. The Bertz CT molecular complexity index is 553. The first-order valence-corrected chi connectivity index (χ1v) is 8.67. The summed E-state index contributed by atoms with van der Waals surface area (Å²) in [5.41, 5.74) is 0.808. The number of hydrogen-bond donors (Lipinski definition) is 2. The highest BCUT2D eigenvalue weighted by molar-refractivity contribution is 14.0. The smallest absolute Gasteiger partial charge is 0.191 e. The Morgan fingerprint density at radius 1 is 1.40 bits per heavy atom. The molecule has 1 aromatic carbocycles. The first-order valence-electron chi connectivity index (χ1n) is 8.67. The molecule has 2 N–H and O–H groups in total. The summed E-state index contributed by atoms with van der Waals surface area (Å²) in [6.07, 6.45) is 2.75. The van der Waals surface area contributed by atoms with Crippen molar-refractivity contribution in [3.05, 3.63) is 29.6 Å². The first kappa shape index (κ1) is 21.9. The number of nitrogens with zero attached hydrogens (tertiary/aromatic N) is 1. The summed E-state index contributed by atoms with van der Waals surface area (Å²) < 4.78 is 31.9. The van der Waals surface area contributed by atoms with Crippen molar-refractivity contribution in [1.82, 2.24) is 10.6 Å². The summed E-state index contributed by atoms with van der Waals surface area (Å²) in [6, 6.07) is 4.90. The van der Waals surface area contributed by atoms with Gasteiger partial charge in [0.05, 0.1) is 19.3 Å². The van der Waals surface area contributed by atoms with E-state index in [-0.39, 0.29) is 42.5 Å². The zero-order valence-electron chi connectivity index (χ0n) is 14.9. The van der Waals surface area contributed by atoms with Crippen molar-refractivity contribution in [2.24, 2.45) is 10.9 Å². The van der Waals surface area contributed by atoms with Crippen LogP contribution in [0.15, 0.2) is 23.2 Å². The van der Waals surface area contributed by atoms with Gasteiger partial charge in [-0.25, -0.2) is 4.39 Å². The van der Waals surface area contributed by atoms with Gasteiger partial charge in [0.1, 0.15) is 0 Å². The van der Waals surface area contributed by atoms with Gasteiger partial charge >= 0.3 is 0 Å². The van der Waals surface area contributed by atoms with Gasteiger partial charge in [0.25, 0.3) is 0 Å². The van der Waals surface area contributed by atoms with E-state index in [0.29, 0.717) is 43.7 Å². The average Bonchev–Trinajstić information content (AvgIpc) is 3.38. The molecule has 25 heavy (non-hydrogen) atoms. The van der Waals surface area contributed by atoms with Crippen LogP contribution in [0.2, 0.25) is 0 Å². The highest BCUT2D eigenvalue weighted by Crippen LogP contribution is 2.30. The maximum atomic E-state index is 14.2. The fraction of sp³-hybridized carbons (Fsp3) is 0.611. The molecule has 1 fully saturated rings. The average molecular weight is 467 g/mol. The topological polar surface area (TPSA) is 45.7 Å². The fourth-order valence-electron chi connectivity index (χ4n) is 2.25. The second-order valence-corrected chi connectivity index (χ2v) is 6.11. The molecule has 0 amide bonds. The highest BCUT2D eigenvalue weighted by Gasteiger charge is 2.22. The van der Waals surface area contributed by atoms with Crippen LogP contribution in [0.4, 0.5) is 8.78 Å². The van der Waals surface area contributed by atoms with Crippen molar-refractivity contribution >= 4 is 29.9 Å². The van der Waals surface area contributed by atoms with Gasteiger partial charge in [-0.05, 0) is 56.7 Å². The minimum absolute atomic E-state index is 0. The number of guanidine groups is 1. The van der Waals surface area contributed by atoms with E-state index >= 15 is 0 Å². The molecule has 1 atom stereocenters. The monoisotopic (exact) mass is 467 g/mol. The second-order valence-electron chi connectivity index (χ2n) is 6.11. The summed E-state index contributed by atoms with van der Waals surface area (Å²) in [4.78, 5) is 4.30. The molecule has 7 heteroatoms. The predicted molar refractivity (Wildman–Crippen MR) is 108 cm³/mol. The van der Waals surface area contributed by atoms with Crippen LogP contribution in [-0.2, 0) is 0 Å². The molecule has 0 bridgehead atoms. The van der Waals surface area contributed by atoms with Crippen molar-refractivity contribution in [3.8, 4) is 5.75 Å². The van der Waals surface area contributed by atoms with E-state index in [1.54, 1.807) is 6.07 Å². The summed E-state index contributed by atoms with van der Waals surface area (Å²) in [6.45, 7) is 5.23. The summed E-state index contributed by atoms with van der Waals surface area (Å²) in [5, 5.41) is 6.31. The Morgan fingerprint density at radius 2 is 2.16 bits per heavy atom. The molecule has 4 nitrogen and oxygen atoms in total. The van der Waals surface area contributed by atoms with E-state index in [1.807, 2.05) is 19.9 Å². The summed E-state index contributed by atoms with van der Waals surface area (Å²) >= 11 is 0. The lowest BCUT2D eigenvalue weighted by Crippen LogP contribution is -2.38. The number of alkyl halides is 1. The Labute approximate surface area is 165 Å². The fourth-order valence-corrected chi connectivity index (χ4v) is 2.25. The van der Waals surface area contributed by atoms with E-state index in [2.05, 4.69) is 15.6 Å². The standard InChI is InChI=1S/C18H27F2N3O.HI/c1-3-21-18(22-10-4-9-19)23-13(2)15-7-8-17(16(20)11-15)24-12-14-5-6-14;/h7-8,11,13-14H,3-6,9-10,12H2,1-2H3,(H2,21,22,23);1H. The number of ether oxygens (including phenoxy) is 1. The lowest BCUT2D eigenvalue weighted by molar-refractivity contribution is 0.285. The zero-order valence-corrected chi connectivity index (χ0v) is 17.2. The Balaban J connectivity index is 0.00000312. The molecule has 0 aliphatic heterocycles. The van der Waals surface area contributed by atoms with E-state index < -0.39 is 0 Å². The number of hydrogen-bond acceptors (Lipinski definition) is 2. The predicted octanol–water partition coefficient (Wildman–Crippen LogP) is 4.21. The van der Waals surface area contributed by atoms with E-state index in [0.717, 1.165) is 5.56 Å². The number of halogens is 3. The Hall–Kier alpha value is -1.12. The number of aliphatic imine (C=N–C) groups is 1. The molecule has 0 spiro atoms. The van der Waals surface area contributed by atoms with Gasteiger partial charge in [0.2, 0.25) is 0 Å². The van der Waals surface area contributed by atoms with Crippen LogP contribution >= 0.6 is 24.0 Å². The molecule has 1 aliphatic carbocycles. The molecule has 1 saturated carbocycles. The van der Waals surface area contributed by atoms with Gasteiger partial charge in [-0.1, -0.05) is 6.07 Å². The molecule has 0 heterocycles. The van der Waals surface area contributed by atoms with Crippen molar-refractivity contribution in [2.45, 2.75) is 39.2 Å². The van der Waals surface area contributed by atoms with E-state index in [4.69, 9.17) is 4.74 Å². The van der Waals surface area contributed by atoms with Crippen LogP contribution in [0.5, 0.6) is 5.75 Å². The van der Waals surface area contributed by atoms with Crippen LogP contribution in [-0.4, -0.2) is 32.3 Å². The van der Waals surface area contributed by atoms with Gasteiger partial charge in [0.15, 0.2) is 17.5 Å². The van der Waals surface area contributed by atoms with Gasteiger partial charge in [-0.2, -0.15) is 0 Å². The van der Waals surface area contributed by atoms with E-state index in [9.17, 15) is 8.78 Å². The SMILES string of the molecule is CCNC(=NCCCF)NC(C)c1ccc(OCC2CC2)c(F)c1.I. The molecule has 0 saturated heterocycles. The Kier molecular flexibility index (Phi) is 10.1. The third-order valence-electron chi connectivity index (χ3n) is 3.89. The quantitative estimate of drug-likeness (QED) is 0.248. The third kappa shape index (κ3) is 7.75. The number of nitrogens with one attached hydrogen (secondary N) is 2. The van der Waals surface area contributed by atoms with Crippen LogP contribution in [0.3, 0.4) is 0 Å². The molecule has 0 radical (unpaired) electrons. The van der Waals surface area contributed by atoms with Crippen molar-refractivity contribution in [1.29, 1.82) is 0 Å². The number of rotatable bonds is 9. The molecule has 2 rings (SSSR count). The lowest BCUT2D eigenvalue weighted by Gasteiger charge is -2.19. The largest absolute Gasteiger partial charge is 0.490 e. The molecule has 1 unspecified atom stereocenters. The molecular formula is C18H28F2IN3O. The Morgan fingerprint density at radius 3 is 2.76 bits per heavy atom. The van der Waals surface area contributed by atoms with Crippen LogP contribution in [0.1, 0.15) is 44.7 Å². The molecular weight excluding hydrogens is 439 g/mol. The summed E-state index contributed by atoms with van der Waals surface area (Å²) in [5.74, 6) is 1.16. The van der Waals surface area contributed by atoms with Crippen LogP contribution in [0.25, 0.3) is 0 Å². The molecule has 1 aromatic rings. The summed E-state index contributed by atoms with van der Waals surface area (Å²) in [7, 11) is 0. The van der Waals surface area contributed by atoms with Crippen LogP contribution < -0.4 is 15.4 Å². The highest BCUT2D eigenvalue weighted by atomic mass is 127. The van der Waals surface area contributed by atoms with Crippen molar-refractivity contribution in [2.75, 3.05) is 26.4 Å². The van der Waals surface area contributed by atoms with Gasteiger partial charge in [-0.15, -0.1) is 24.0 Å². The van der Waals surface area contributed by atoms with E-state index in [1.165, 1.54) is 18.9 Å². The maximum absolute atomic E-state index is 14.2. The van der Waals surface area contributed by atoms with Gasteiger partial charge in [0, 0.05) is 13.1 Å². The molecule has 142 valence electrons. The molecule has 0 aromatic heterocycles. The first-order chi connectivity index (χ1) is 11.6. The van der Waals surface area contributed by atoms with Crippen LogP contribution in [0, 0.1) is 11.7 Å². The minimum atomic E-state index is -0.383. The number of benzene rings is 1. The zero-order chi connectivity index (χ0) is 17.4. The second kappa shape index (κ2) is 11.5. The minimum Gasteiger partial charge on any atom is -0.490 e. The van der Waals surface area contributed by atoms with Gasteiger partial charge in [-0.3, -0.25) is 9.38 Å². The van der Waals surface area contributed by atoms with Gasteiger partial charge < -0.3 is 15.4 Å². The maximum Gasteiger partial charge on any atom is 0.191 e. The van der Waals surface area contributed by atoms with Crippen molar-refractivity contribution < 1.29 is 13.5 Å².